The normalized spacial score (nSPS) is 14.2. The van der Waals surface area contributed by atoms with Gasteiger partial charge in [0.05, 0.1) is 12.7 Å². The molecule has 0 radical (unpaired) electrons. The number of amides is 1. The van der Waals surface area contributed by atoms with Crippen LogP contribution in [0.3, 0.4) is 0 Å². The molecule has 3 aromatic rings. The van der Waals surface area contributed by atoms with Crippen LogP contribution >= 0.6 is 11.6 Å². The van der Waals surface area contributed by atoms with Crippen molar-refractivity contribution in [2.75, 3.05) is 38.2 Å². The van der Waals surface area contributed by atoms with E-state index in [0.29, 0.717) is 22.9 Å². The molecule has 1 aliphatic rings. The summed E-state index contributed by atoms with van der Waals surface area (Å²) in [4.78, 5) is 17.7. The maximum atomic E-state index is 12.8. The Balaban J connectivity index is 1.36. The number of methoxy groups -OCH3 is 1. The van der Waals surface area contributed by atoms with Gasteiger partial charge in [0.2, 0.25) is 0 Å². The summed E-state index contributed by atoms with van der Waals surface area (Å²) < 4.78 is 5.31. The second-order valence-electron chi connectivity index (χ2n) is 7.89. The minimum absolute atomic E-state index is 0.198. The third-order valence-electron chi connectivity index (χ3n) is 5.85. The molecule has 1 saturated heterocycles. The molecule has 6 heteroatoms. The van der Waals surface area contributed by atoms with Gasteiger partial charge in [0.15, 0.2) is 0 Å². The molecular formula is C26H28ClN3O2. The van der Waals surface area contributed by atoms with Gasteiger partial charge >= 0.3 is 0 Å². The van der Waals surface area contributed by atoms with Crippen LogP contribution in [-0.2, 0) is 13.1 Å². The number of benzene rings is 3. The van der Waals surface area contributed by atoms with Crippen molar-refractivity contribution < 1.29 is 9.53 Å². The molecule has 32 heavy (non-hydrogen) atoms. The fourth-order valence-corrected chi connectivity index (χ4v) is 4.23. The summed E-state index contributed by atoms with van der Waals surface area (Å²) in [6.07, 6.45) is 0. The monoisotopic (exact) mass is 449 g/mol. The summed E-state index contributed by atoms with van der Waals surface area (Å²) in [6.45, 7) is 5.36. The maximum absolute atomic E-state index is 12.8. The van der Waals surface area contributed by atoms with Gasteiger partial charge in [-0.3, -0.25) is 9.69 Å². The van der Waals surface area contributed by atoms with E-state index < -0.39 is 0 Å². The Hall–Kier alpha value is -3.02. The molecule has 0 atom stereocenters. The van der Waals surface area contributed by atoms with Crippen LogP contribution in [0.1, 0.15) is 21.5 Å². The molecule has 1 aliphatic heterocycles. The summed E-state index contributed by atoms with van der Waals surface area (Å²) in [6, 6.07) is 23.9. The number of hydrogen-bond donors (Lipinski definition) is 1. The smallest absolute Gasteiger partial charge is 0.255 e. The Morgan fingerprint density at radius 2 is 1.62 bits per heavy atom. The SMILES string of the molecule is COc1ccc(Cl)cc1C(=O)NCc1ccccc1CN1CCN(c2ccccc2)CC1. The first kappa shape index (κ1) is 22.2. The number of anilines is 1. The van der Waals surface area contributed by atoms with Crippen LogP contribution < -0.4 is 15.0 Å². The van der Waals surface area contributed by atoms with Gasteiger partial charge in [-0.1, -0.05) is 54.1 Å². The average Bonchev–Trinajstić information content (AvgIpc) is 2.84. The molecular weight excluding hydrogens is 422 g/mol. The fourth-order valence-electron chi connectivity index (χ4n) is 4.06. The molecule has 1 fully saturated rings. The number of nitrogens with zero attached hydrogens (tertiary/aromatic N) is 2. The Morgan fingerprint density at radius 1 is 0.938 bits per heavy atom. The molecule has 0 bridgehead atoms. The lowest BCUT2D eigenvalue weighted by molar-refractivity contribution is 0.0947. The molecule has 0 aromatic heterocycles. The van der Waals surface area contributed by atoms with Gasteiger partial charge in [-0.15, -0.1) is 0 Å². The highest BCUT2D eigenvalue weighted by Crippen LogP contribution is 2.23. The van der Waals surface area contributed by atoms with Crippen molar-refractivity contribution in [3.8, 4) is 5.75 Å². The molecule has 0 unspecified atom stereocenters. The number of rotatable bonds is 7. The quantitative estimate of drug-likeness (QED) is 0.572. The van der Waals surface area contributed by atoms with Crippen molar-refractivity contribution in [1.29, 1.82) is 0 Å². The molecule has 5 nitrogen and oxygen atoms in total. The van der Waals surface area contributed by atoms with Crippen molar-refractivity contribution in [3.63, 3.8) is 0 Å². The molecule has 3 aromatic carbocycles. The van der Waals surface area contributed by atoms with E-state index in [1.165, 1.54) is 11.3 Å². The number of ether oxygens (including phenoxy) is 1. The van der Waals surface area contributed by atoms with E-state index in [9.17, 15) is 4.79 Å². The van der Waals surface area contributed by atoms with Crippen molar-refractivity contribution in [3.05, 3.63) is 94.5 Å². The summed E-state index contributed by atoms with van der Waals surface area (Å²) in [5.74, 6) is 0.312. The van der Waals surface area contributed by atoms with Crippen molar-refractivity contribution in [2.45, 2.75) is 13.1 Å². The van der Waals surface area contributed by atoms with E-state index in [4.69, 9.17) is 16.3 Å². The Bertz CT molecular complexity index is 1050. The molecule has 1 N–H and O–H groups in total. The van der Waals surface area contributed by atoms with Gasteiger partial charge in [0, 0.05) is 50.0 Å². The molecule has 0 aliphatic carbocycles. The zero-order chi connectivity index (χ0) is 22.3. The lowest BCUT2D eigenvalue weighted by Gasteiger charge is -2.36. The molecule has 166 valence electrons. The average molecular weight is 450 g/mol. The van der Waals surface area contributed by atoms with Crippen molar-refractivity contribution >= 4 is 23.2 Å². The molecule has 1 heterocycles. The zero-order valence-electron chi connectivity index (χ0n) is 18.3. The number of carbonyl (C=O) groups excluding carboxylic acids is 1. The predicted molar refractivity (Wildman–Crippen MR) is 130 cm³/mol. The van der Waals surface area contributed by atoms with Crippen LogP contribution in [0, 0.1) is 0 Å². The fraction of sp³-hybridized carbons (Fsp3) is 0.269. The van der Waals surface area contributed by atoms with Crippen LogP contribution in [-0.4, -0.2) is 44.1 Å². The van der Waals surface area contributed by atoms with E-state index in [2.05, 4.69) is 63.6 Å². The zero-order valence-corrected chi connectivity index (χ0v) is 19.0. The summed E-state index contributed by atoms with van der Waals surface area (Å²) in [5.41, 5.74) is 4.08. The molecule has 4 rings (SSSR count). The standard InChI is InChI=1S/C26H28ClN3O2/c1-32-25-12-11-22(27)17-24(25)26(31)28-18-20-7-5-6-8-21(20)19-29-13-15-30(16-14-29)23-9-3-2-4-10-23/h2-12,17H,13-16,18-19H2,1H3,(H,28,31). The lowest BCUT2D eigenvalue weighted by Crippen LogP contribution is -2.46. The van der Waals surface area contributed by atoms with Gasteiger partial charge in [0.1, 0.15) is 5.75 Å². The largest absolute Gasteiger partial charge is 0.496 e. The number of nitrogens with one attached hydrogen (secondary N) is 1. The van der Waals surface area contributed by atoms with Crippen LogP contribution in [0.4, 0.5) is 5.69 Å². The Kier molecular flexibility index (Phi) is 7.30. The maximum Gasteiger partial charge on any atom is 0.255 e. The van der Waals surface area contributed by atoms with Gasteiger partial charge < -0.3 is 15.0 Å². The van der Waals surface area contributed by atoms with Crippen LogP contribution in [0.25, 0.3) is 0 Å². The molecule has 0 saturated carbocycles. The second kappa shape index (κ2) is 10.5. The van der Waals surface area contributed by atoms with Crippen molar-refractivity contribution in [1.82, 2.24) is 10.2 Å². The predicted octanol–water partition coefficient (Wildman–Crippen LogP) is 4.60. The van der Waals surface area contributed by atoms with E-state index in [1.54, 1.807) is 25.3 Å². The highest BCUT2D eigenvalue weighted by molar-refractivity contribution is 6.31. The highest BCUT2D eigenvalue weighted by Gasteiger charge is 2.18. The van der Waals surface area contributed by atoms with E-state index in [0.717, 1.165) is 38.3 Å². The van der Waals surface area contributed by atoms with Gasteiger partial charge in [0.25, 0.3) is 5.91 Å². The topological polar surface area (TPSA) is 44.8 Å². The minimum Gasteiger partial charge on any atom is -0.496 e. The first-order chi connectivity index (χ1) is 15.6. The number of carbonyl (C=O) groups is 1. The Morgan fingerprint density at radius 3 is 2.34 bits per heavy atom. The highest BCUT2D eigenvalue weighted by atomic mass is 35.5. The number of halogens is 1. The third kappa shape index (κ3) is 5.42. The minimum atomic E-state index is -0.198. The summed E-state index contributed by atoms with van der Waals surface area (Å²) in [7, 11) is 1.55. The number of para-hydroxylation sites is 1. The Labute approximate surface area is 194 Å². The summed E-state index contributed by atoms with van der Waals surface area (Å²) >= 11 is 6.07. The van der Waals surface area contributed by atoms with E-state index >= 15 is 0 Å². The third-order valence-corrected chi connectivity index (χ3v) is 6.09. The first-order valence-corrected chi connectivity index (χ1v) is 11.2. The van der Waals surface area contributed by atoms with Crippen LogP contribution in [0.5, 0.6) is 5.75 Å². The number of piperazine rings is 1. The van der Waals surface area contributed by atoms with Gasteiger partial charge in [-0.2, -0.15) is 0 Å². The first-order valence-electron chi connectivity index (χ1n) is 10.8. The van der Waals surface area contributed by atoms with Gasteiger partial charge in [-0.05, 0) is 41.5 Å². The van der Waals surface area contributed by atoms with Gasteiger partial charge in [-0.25, -0.2) is 0 Å². The van der Waals surface area contributed by atoms with Crippen LogP contribution in [0.2, 0.25) is 5.02 Å². The van der Waals surface area contributed by atoms with E-state index in [1.807, 2.05) is 6.07 Å². The molecule has 1 amide bonds. The van der Waals surface area contributed by atoms with Crippen molar-refractivity contribution in [2.24, 2.45) is 0 Å². The second-order valence-corrected chi connectivity index (χ2v) is 8.33. The van der Waals surface area contributed by atoms with E-state index in [-0.39, 0.29) is 5.91 Å². The lowest BCUT2D eigenvalue weighted by atomic mass is 10.1. The van der Waals surface area contributed by atoms with Crippen LogP contribution in [0.15, 0.2) is 72.8 Å². The molecule has 0 spiro atoms. The number of hydrogen-bond acceptors (Lipinski definition) is 4. The summed E-state index contributed by atoms with van der Waals surface area (Å²) in [5, 5.41) is 3.52.